The molecule has 1 fully saturated rings. The average Bonchev–Trinajstić information content (AvgIpc) is 3.00. The van der Waals surface area contributed by atoms with Crippen LogP contribution < -0.4 is 10.5 Å². The highest BCUT2D eigenvalue weighted by Crippen LogP contribution is 2.31. The topological polar surface area (TPSA) is 62.3 Å². The van der Waals surface area contributed by atoms with Crippen LogP contribution in [-0.2, 0) is 4.74 Å². The van der Waals surface area contributed by atoms with E-state index in [4.69, 9.17) is 10.5 Å². The van der Waals surface area contributed by atoms with Crippen molar-refractivity contribution in [3.05, 3.63) is 30.6 Å². The van der Waals surface area contributed by atoms with Crippen LogP contribution in [0.5, 0.6) is 5.75 Å². The standard InChI is InChI=1S/C15H17F2N3O2/c16-15(17)22-14-7-10(1-2-13(14)18)11-8-19-20(9-11)12-3-5-21-6-4-12/h1-2,7-9,12,15H,3-6,18H2. The molecule has 1 aromatic heterocycles. The predicted molar refractivity (Wildman–Crippen MR) is 77.8 cm³/mol. The van der Waals surface area contributed by atoms with Gasteiger partial charge in [0.15, 0.2) is 0 Å². The summed E-state index contributed by atoms with van der Waals surface area (Å²) < 4.78 is 36.4. The molecule has 1 aliphatic rings. The number of alkyl halides is 2. The summed E-state index contributed by atoms with van der Waals surface area (Å²) in [7, 11) is 0. The second kappa shape index (κ2) is 6.31. The first-order chi connectivity index (χ1) is 10.6. The molecule has 0 spiro atoms. The molecule has 1 aliphatic heterocycles. The third-order valence-electron chi connectivity index (χ3n) is 3.73. The molecule has 22 heavy (non-hydrogen) atoms. The first-order valence-electron chi connectivity index (χ1n) is 7.10. The molecule has 3 rings (SSSR count). The molecular formula is C15H17F2N3O2. The Balaban J connectivity index is 1.83. The van der Waals surface area contributed by atoms with E-state index in [-0.39, 0.29) is 11.4 Å². The fraction of sp³-hybridized carbons (Fsp3) is 0.400. The number of hydrogen-bond acceptors (Lipinski definition) is 4. The molecule has 0 saturated carbocycles. The number of halogens is 2. The maximum atomic E-state index is 12.4. The van der Waals surface area contributed by atoms with Crippen LogP contribution in [-0.4, -0.2) is 29.6 Å². The van der Waals surface area contributed by atoms with Crippen molar-refractivity contribution in [1.29, 1.82) is 0 Å². The second-order valence-electron chi connectivity index (χ2n) is 5.18. The monoisotopic (exact) mass is 309 g/mol. The Morgan fingerprint density at radius 3 is 2.77 bits per heavy atom. The number of benzene rings is 1. The smallest absolute Gasteiger partial charge is 0.387 e. The van der Waals surface area contributed by atoms with Gasteiger partial charge in [-0.1, -0.05) is 6.07 Å². The van der Waals surface area contributed by atoms with Crippen LogP contribution >= 0.6 is 0 Å². The SMILES string of the molecule is Nc1ccc(-c2cnn(C3CCOCC3)c2)cc1OC(F)F. The number of nitrogen functional groups attached to an aromatic ring is 1. The Bertz CT molecular complexity index is 639. The van der Waals surface area contributed by atoms with Crippen LogP contribution in [0.4, 0.5) is 14.5 Å². The summed E-state index contributed by atoms with van der Waals surface area (Å²) >= 11 is 0. The zero-order valence-electron chi connectivity index (χ0n) is 11.9. The van der Waals surface area contributed by atoms with Gasteiger partial charge in [-0.3, -0.25) is 4.68 Å². The number of nitrogens with zero attached hydrogens (tertiary/aromatic N) is 2. The fourth-order valence-corrected chi connectivity index (χ4v) is 2.55. The van der Waals surface area contributed by atoms with Gasteiger partial charge in [0, 0.05) is 25.0 Å². The van der Waals surface area contributed by atoms with Crippen LogP contribution in [0.25, 0.3) is 11.1 Å². The number of rotatable bonds is 4. The molecule has 1 saturated heterocycles. The number of nitrogens with two attached hydrogens (primary N) is 1. The van der Waals surface area contributed by atoms with E-state index in [1.54, 1.807) is 18.3 Å². The molecule has 2 aromatic rings. The predicted octanol–water partition coefficient (Wildman–Crippen LogP) is 3.09. The molecule has 0 radical (unpaired) electrons. The number of hydrogen-bond donors (Lipinski definition) is 1. The number of aromatic nitrogens is 2. The van der Waals surface area contributed by atoms with Gasteiger partial charge in [0.05, 0.1) is 17.9 Å². The van der Waals surface area contributed by atoms with Gasteiger partial charge in [-0.15, -0.1) is 0 Å². The first-order valence-corrected chi connectivity index (χ1v) is 7.10. The van der Waals surface area contributed by atoms with Gasteiger partial charge in [-0.25, -0.2) is 0 Å². The molecule has 0 aliphatic carbocycles. The molecule has 118 valence electrons. The van der Waals surface area contributed by atoms with Crippen LogP contribution in [0.15, 0.2) is 30.6 Å². The van der Waals surface area contributed by atoms with Crippen molar-refractivity contribution < 1.29 is 18.3 Å². The summed E-state index contributed by atoms with van der Waals surface area (Å²) in [5.74, 6) is -0.0219. The van der Waals surface area contributed by atoms with E-state index in [0.29, 0.717) is 6.04 Å². The summed E-state index contributed by atoms with van der Waals surface area (Å²) in [6, 6.07) is 5.14. The first kappa shape index (κ1) is 14.8. The van der Waals surface area contributed by atoms with Crippen molar-refractivity contribution in [1.82, 2.24) is 9.78 Å². The molecule has 5 nitrogen and oxygen atoms in total. The fourth-order valence-electron chi connectivity index (χ4n) is 2.55. The summed E-state index contributed by atoms with van der Waals surface area (Å²) in [6.45, 7) is -1.44. The zero-order valence-corrected chi connectivity index (χ0v) is 11.9. The summed E-state index contributed by atoms with van der Waals surface area (Å²) in [6.07, 6.45) is 5.46. The third-order valence-corrected chi connectivity index (χ3v) is 3.73. The van der Waals surface area contributed by atoms with Gasteiger partial charge < -0.3 is 15.2 Å². The minimum atomic E-state index is -2.90. The van der Waals surface area contributed by atoms with E-state index in [1.165, 1.54) is 6.07 Å². The number of ether oxygens (including phenoxy) is 2. The lowest BCUT2D eigenvalue weighted by molar-refractivity contribution is -0.0492. The molecule has 0 unspecified atom stereocenters. The van der Waals surface area contributed by atoms with E-state index in [9.17, 15) is 8.78 Å². The van der Waals surface area contributed by atoms with Crippen LogP contribution in [0.1, 0.15) is 18.9 Å². The van der Waals surface area contributed by atoms with Crippen LogP contribution in [0.3, 0.4) is 0 Å². The Labute approximate surface area is 126 Å². The van der Waals surface area contributed by atoms with E-state index >= 15 is 0 Å². The second-order valence-corrected chi connectivity index (χ2v) is 5.18. The lowest BCUT2D eigenvalue weighted by Crippen LogP contribution is -2.19. The van der Waals surface area contributed by atoms with Gasteiger partial charge in [0.1, 0.15) is 5.75 Å². The molecule has 1 aromatic carbocycles. The van der Waals surface area contributed by atoms with Gasteiger partial charge in [0.25, 0.3) is 0 Å². The summed E-state index contributed by atoms with van der Waals surface area (Å²) in [5, 5.41) is 4.37. The summed E-state index contributed by atoms with van der Waals surface area (Å²) in [5.41, 5.74) is 7.40. The van der Waals surface area contributed by atoms with E-state index in [0.717, 1.165) is 37.2 Å². The maximum absolute atomic E-state index is 12.4. The van der Waals surface area contributed by atoms with E-state index in [1.807, 2.05) is 10.9 Å². The van der Waals surface area contributed by atoms with Crippen molar-refractivity contribution in [3.63, 3.8) is 0 Å². The largest absolute Gasteiger partial charge is 0.433 e. The minimum absolute atomic E-state index is 0.0219. The molecule has 7 heteroatoms. The lowest BCUT2D eigenvalue weighted by Gasteiger charge is -2.22. The third kappa shape index (κ3) is 3.19. The summed E-state index contributed by atoms with van der Waals surface area (Å²) in [4.78, 5) is 0. The quantitative estimate of drug-likeness (QED) is 0.882. The van der Waals surface area contributed by atoms with E-state index < -0.39 is 6.61 Å². The van der Waals surface area contributed by atoms with Gasteiger partial charge in [-0.05, 0) is 30.5 Å². The van der Waals surface area contributed by atoms with Crippen molar-refractivity contribution in [2.45, 2.75) is 25.5 Å². The highest BCUT2D eigenvalue weighted by Gasteiger charge is 2.17. The van der Waals surface area contributed by atoms with E-state index in [2.05, 4.69) is 9.84 Å². The van der Waals surface area contributed by atoms with Gasteiger partial charge >= 0.3 is 6.61 Å². The molecule has 2 heterocycles. The molecule has 0 atom stereocenters. The Hall–Kier alpha value is -2.15. The van der Waals surface area contributed by atoms with Crippen LogP contribution in [0, 0.1) is 0 Å². The Kier molecular flexibility index (Phi) is 4.24. The minimum Gasteiger partial charge on any atom is -0.433 e. The maximum Gasteiger partial charge on any atom is 0.387 e. The van der Waals surface area contributed by atoms with Gasteiger partial charge in [0.2, 0.25) is 0 Å². The Morgan fingerprint density at radius 1 is 1.27 bits per heavy atom. The molecule has 0 amide bonds. The van der Waals surface area contributed by atoms with Crippen molar-refractivity contribution in [2.75, 3.05) is 18.9 Å². The Morgan fingerprint density at radius 2 is 2.05 bits per heavy atom. The highest BCUT2D eigenvalue weighted by molar-refractivity contribution is 5.68. The number of anilines is 1. The van der Waals surface area contributed by atoms with Crippen molar-refractivity contribution >= 4 is 5.69 Å². The van der Waals surface area contributed by atoms with Crippen LogP contribution in [0.2, 0.25) is 0 Å². The van der Waals surface area contributed by atoms with Gasteiger partial charge in [-0.2, -0.15) is 13.9 Å². The molecular weight excluding hydrogens is 292 g/mol. The lowest BCUT2D eigenvalue weighted by atomic mass is 10.1. The highest BCUT2D eigenvalue weighted by atomic mass is 19.3. The van der Waals surface area contributed by atoms with Crippen molar-refractivity contribution in [3.8, 4) is 16.9 Å². The normalized spacial score (nSPS) is 16.1. The zero-order chi connectivity index (χ0) is 15.5. The molecule has 0 bridgehead atoms. The van der Waals surface area contributed by atoms with Crippen molar-refractivity contribution in [2.24, 2.45) is 0 Å². The molecule has 2 N–H and O–H groups in total. The average molecular weight is 309 g/mol.